The molecule has 0 bridgehead atoms. The van der Waals surface area contributed by atoms with E-state index in [1.54, 1.807) is 20.8 Å². The maximum Gasteiger partial charge on any atom is 0.326 e. The van der Waals surface area contributed by atoms with Crippen LogP contribution in [0, 0.1) is 0 Å². The number of ether oxygens (including phenoxy) is 2. The van der Waals surface area contributed by atoms with Gasteiger partial charge in [0.2, 0.25) is 5.91 Å². The minimum atomic E-state index is -0.558. The lowest BCUT2D eigenvalue weighted by atomic mass is 10.1. The maximum absolute atomic E-state index is 11.9. The molecule has 0 N–H and O–H groups in total. The van der Waals surface area contributed by atoms with Crippen LogP contribution in [0.5, 0.6) is 0 Å². The van der Waals surface area contributed by atoms with Crippen LogP contribution < -0.4 is 0 Å². The second kappa shape index (κ2) is 6.79. The molecule has 2 rings (SSSR count). The van der Waals surface area contributed by atoms with E-state index in [-0.39, 0.29) is 25.2 Å². The molecule has 1 aliphatic rings. The number of rotatable bonds is 3. The van der Waals surface area contributed by atoms with E-state index in [2.05, 4.69) is 15.9 Å². The van der Waals surface area contributed by atoms with Crippen LogP contribution in [0.3, 0.4) is 0 Å². The van der Waals surface area contributed by atoms with Gasteiger partial charge < -0.3 is 14.4 Å². The lowest BCUT2D eigenvalue weighted by Crippen LogP contribution is -2.46. The first-order valence-corrected chi connectivity index (χ1v) is 7.90. The minimum absolute atomic E-state index is 0.0243. The summed E-state index contributed by atoms with van der Waals surface area (Å²) in [5.41, 5.74) is 0.419. The highest BCUT2D eigenvalue weighted by atomic mass is 79.9. The van der Waals surface area contributed by atoms with Gasteiger partial charge in [0.1, 0.15) is 24.9 Å². The predicted molar refractivity (Wildman–Crippen MR) is 85.3 cm³/mol. The molecule has 120 valence electrons. The zero-order valence-electron chi connectivity index (χ0n) is 13.0. The Labute approximate surface area is 138 Å². The summed E-state index contributed by atoms with van der Waals surface area (Å²) in [6.07, 6.45) is -0.228. The van der Waals surface area contributed by atoms with Crippen molar-refractivity contribution in [3.63, 3.8) is 0 Å². The third-order valence-corrected chi connectivity index (χ3v) is 3.66. The monoisotopic (exact) mass is 369 g/mol. The molecular formula is C16H20BrNO4. The Morgan fingerprint density at radius 3 is 2.59 bits per heavy atom. The fourth-order valence-electron chi connectivity index (χ4n) is 2.18. The number of carbonyl (C=O) groups is 2. The van der Waals surface area contributed by atoms with E-state index >= 15 is 0 Å². The van der Waals surface area contributed by atoms with Crippen LogP contribution in [-0.2, 0) is 19.1 Å². The largest absolute Gasteiger partial charge is 0.459 e. The van der Waals surface area contributed by atoms with Gasteiger partial charge in [-0.15, -0.1) is 0 Å². The molecular weight excluding hydrogens is 350 g/mol. The van der Waals surface area contributed by atoms with Gasteiger partial charge in [-0.25, -0.2) is 0 Å². The number of morpholine rings is 1. The Hall–Kier alpha value is -1.40. The molecule has 22 heavy (non-hydrogen) atoms. The number of benzene rings is 1. The van der Waals surface area contributed by atoms with E-state index in [9.17, 15) is 9.59 Å². The van der Waals surface area contributed by atoms with E-state index < -0.39 is 11.6 Å². The Morgan fingerprint density at radius 2 is 2.00 bits per heavy atom. The van der Waals surface area contributed by atoms with Crippen molar-refractivity contribution in [2.24, 2.45) is 0 Å². The average Bonchev–Trinajstić information content (AvgIpc) is 2.40. The van der Waals surface area contributed by atoms with Crippen molar-refractivity contribution in [2.45, 2.75) is 32.5 Å². The van der Waals surface area contributed by atoms with E-state index in [1.165, 1.54) is 4.90 Å². The summed E-state index contributed by atoms with van der Waals surface area (Å²) in [5, 5.41) is 0. The Kier molecular flexibility index (Phi) is 5.24. The van der Waals surface area contributed by atoms with Crippen molar-refractivity contribution in [3.05, 3.63) is 34.3 Å². The van der Waals surface area contributed by atoms with Crippen molar-refractivity contribution in [1.82, 2.24) is 4.90 Å². The zero-order valence-corrected chi connectivity index (χ0v) is 14.6. The molecule has 1 unspecified atom stereocenters. The van der Waals surface area contributed by atoms with Crippen LogP contribution in [-0.4, -0.2) is 42.1 Å². The van der Waals surface area contributed by atoms with Gasteiger partial charge in [0, 0.05) is 4.47 Å². The summed E-state index contributed by atoms with van der Waals surface area (Å²) in [6, 6.07) is 7.73. The molecule has 1 amide bonds. The summed E-state index contributed by atoms with van der Waals surface area (Å²) in [6.45, 7) is 5.68. The number of amides is 1. The van der Waals surface area contributed by atoms with Crippen molar-refractivity contribution < 1.29 is 19.1 Å². The topological polar surface area (TPSA) is 55.8 Å². The molecule has 5 nitrogen and oxygen atoms in total. The van der Waals surface area contributed by atoms with Crippen LogP contribution in [0.15, 0.2) is 28.7 Å². The average molecular weight is 370 g/mol. The Morgan fingerprint density at radius 1 is 1.36 bits per heavy atom. The molecule has 1 aromatic carbocycles. The SMILES string of the molecule is CC(C)(C)OC(=O)CN1CC(c2ccc(Br)cc2)OCC1=O. The number of hydrogen-bond acceptors (Lipinski definition) is 4. The number of esters is 1. The van der Waals surface area contributed by atoms with Gasteiger partial charge in [0.25, 0.3) is 0 Å². The first-order chi connectivity index (χ1) is 10.2. The van der Waals surface area contributed by atoms with Crippen molar-refractivity contribution in [1.29, 1.82) is 0 Å². The highest BCUT2D eigenvalue weighted by Crippen LogP contribution is 2.24. The van der Waals surface area contributed by atoms with E-state index in [1.807, 2.05) is 24.3 Å². The van der Waals surface area contributed by atoms with Crippen LogP contribution in [0.2, 0.25) is 0 Å². The van der Waals surface area contributed by atoms with Crippen molar-refractivity contribution in [2.75, 3.05) is 19.7 Å². The third kappa shape index (κ3) is 4.81. The van der Waals surface area contributed by atoms with Gasteiger partial charge in [0.05, 0.1) is 6.54 Å². The summed E-state index contributed by atoms with van der Waals surface area (Å²) in [7, 11) is 0. The fourth-order valence-corrected chi connectivity index (χ4v) is 2.44. The molecule has 1 fully saturated rings. The summed E-state index contributed by atoms with van der Waals surface area (Å²) in [4.78, 5) is 25.3. The number of nitrogens with zero attached hydrogens (tertiary/aromatic N) is 1. The summed E-state index contributed by atoms with van der Waals surface area (Å²) >= 11 is 3.38. The van der Waals surface area contributed by atoms with E-state index in [4.69, 9.17) is 9.47 Å². The maximum atomic E-state index is 11.9. The van der Waals surface area contributed by atoms with Gasteiger partial charge >= 0.3 is 5.97 Å². The molecule has 1 saturated heterocycles. The molecule has 0 aromatic heterocycles. The van der Waals surface area contributed by atoms with Gasteiger partial charge in [-0.2, -0.15) is 0 Å². The highest BCUT2D eigenvalue weighted by molar-refractivity contribution is 9.10. The number of hydrogen-bond donors (Lipinski definition) is 0. The zero-order chi connectivity index (χ0) is 16.3. The van der Waals surface area contributed by atoms with Crippen LogP contribution in [0.4, 0.5) is 0 Å². The predicted octanol–water partition coefficient (Wildman–Crippen LogP) is 2.69. The molecule has 0 spiro atoms. The van der Waals surface area contributed by atoms with Crippen LogP contribution >= 0.6 is 15.9 Å². The molecule has 1 atom stereocenters. The van der Waals surface area contributed by atoms with Crippen LogP contribution in [0.25, 0.3) is 0 Å². The van der Waals surface area contributed by atoms with Gasteiger partial charge in [-0.1, -0.05) is 28.1 Å². The molecule has 1 heterocycles. The Balaban J connectivity index is 2.00. The Bertz CT molecular complexity index is 550. The third-order valence-electron chi connectivity index (χ3n) is 3.13. The highest BCUT2D eigenvalue weighted by Gasteiger charge is 2.30. The summed E-state index contributed by atoms with van der Waals surface area (Å²) < 4.78 is 11.8. The molecule has 1 aliphatic heterocycles. The molecule has 6 heteroatoms. The van der Waals surface area contributed by atoms with Gasteiger partial charge in [-0.3, -0.25) is 9.59 Å². The fraction of sp³-hybridized carbons (Fsp3) is 0.500. The summed E-state index contributed by atoms with van der Waals surface area (Å²) in [5.74, 6) is -0.600. The second-order valence-corrected chi connectivity index (χ2v) is 7.13. The quantitative estimate of drug-likeness (QED) is 0.768. The second-order valence-electron chi connectivity index (χ2n) is 6.21. The number of halogens is 1. The van der Waals surface area contributed by atoms with E-state index in [0.29, 0.717) is 6.54 Å². The minimum Gasteiger partial charge on any atom is -0.459 e. The van der Waals surface area contributed by atoms with Gasteiger partial charge in [-0.05, 0) is 38.5 Å². The molecule has 0 saturated carbocycles. The molecule has 0 aliphatic carbocycles. The molecule has 1 aromatic rings. The number of carbonyl (C=O) groups excluding carboxylic acids is 2. The smallest absolute Gasteiger partial charge is 0.326 e. The molecule has 0 radical (unpaired) electrons. The van der Waals surface area contributed by atoms with Crippen LogP contribution in [0.1, 0.15) is 32.4 Å². The lowest BCUT2D eigenvalue weighted by molar-refractivity contribution is -0.165. The van der Waals surface area contributed by atoms with Crippen molar-refractivity contribution >= 4 is 27.8 Å². The lowest BCUT2D eigenvalue weighted by Gasteiger charge is -2.33. The standard InChI is InChI=1S/C16H20BrNO4/c1-16(2,3)22-15(20)9-18-8-13(21-10-14(18)19)11-4-6-12(17)7-5-11/h4-7,13H,8-10H2,1-3H3. The van der Waals surface area contributed by atoms with E-state index in [0.717, 1.165) is 10.0 Å². The normalized spacial score (nSPS) is 19.2. The van der Waals surface area contributed by atoms with Gasteiger partial charge in [0.15, 0.2) is 0 Å². The first kappa shape index (κ1) is 17.0. The first-order valence-electron chi connectivity index (χ1n) is 7.11. The van der Waals surface area contributed by atoms with Crippen molar-refractivity contribution in [3.8, 4) is 0 Å².